The Labute approximate surface area is 269 Å². The Hall–Kier alpha value is -4.71. The van der Waals surface area contributed by atoms with Crippen LogP contribution in [0.4, 0.5) is 23.1 Å². The summed E-state index contributed by atoms with van der Waals surface area (Å²) in [5.74, 6) is 0.544. The topological polar surface area (TPSA) is 155 Å². The van der Waals surface area contributed by atoms with Crippen LogP contribution in [0.2, 0.25) is 0 Å². The number of likely N-dealkylation sites (N-methyl/N-ethyl adjacent to an activating group) is 1. The second-order valence-electron chi connectivity index (χ2n) is 12.5. The maximum absolute atomic E-state index is 13.4. The number of piperazine rings is 1. The van der Waals surface area contributed by atoms with Gasteiger partial charge in [-0.2, -0.15) is 4.98 Å². The van der Waals surface area contributed by atoms with E-state index in [9.17, 15) is 14.4 Å². The first-order valence-corrected chi connectivity index (χ1v) is 16.1. The van der Waals surface area contributed by atoms with Gasteiger partial charge in [-0.3, -0.25) is 19.3 Å². The summed E-state index contributed by atoms with van der Waals surface area (Å²) in [7, 11) is 3.66. The molecule has 3 fully saturated rings. The van der Waals surface area contributed by atoms with Crippen LogP contribution in [0.25, 0.3) is 0 Å². The largest absolute Gasteiger partial charge is 0.495 e. The van der Waals surface area contributed by atoms with E-state index in [1.165, 1.54) is 45.4 Å². The molecule has 2 aliphatic heterocycles. The number of ether oxygens (including phenoxy) is 1. The summed E-state index contributed by atoms with van der Waals surface area (Å²) < 4.78 is 5.63. The van der Waals surface area contributed by atoms with Gasteiger partial charge in [0.25, 0.3) is 17.7 Å². The number of benzene rings is 2. The fourth-order valence-corrected chi connectivity index (χ4v) is 6.80. The number of anilines is 4. The highest BCUT2D eigenvalue weighted by Gasteiger charge is 2.39. The second kappa shape index (κ2) is 13.7. The van der Waals surface area contributed by atoms with Gasteiger partial charge in [-0.15, -0.1) is 0 Å². The summed E-state index contributed by atoms with van der Waals surface area (Å²) in [6, 6.07) is 13.0. The lowest BCUT2D eigenvalue weighted by Crippen LogP contribution is -2.53. The maximum atomic E-state index is 13.4. The van der Waals surface area contributed by atoms with Crippen molar-refractivity contribution in [1.29, 1.82) is 0 Å². The number of methoxy groups -OCH3 is 1. The van der Waals surface area contributed by atoms with Crippen LogP contribution in [0.5, 0.6) is 5.75 Å². The quantitative estimate of drug-likeness (QED) is 0.258. The molecule has 3 aliphatic rings. The highest BCUT2D eigenvalue weighted by Crippen LogP contribution is 2.33. The Bertz CT molecular complexity index is 1580. The van der Waals surface area contributed by atoms with Gasteiger partial charge >= 0.3 is 0 Å². The highest BCUT2D eigenvalue weighted by molar-refractivity contribution is 5.99. The van der Waals surface area contributed by atoms with Crippen molar-refractivity contribution in [3.63, 3.8) is 0 Å². The number of aromatic nitrogens is 2. The van der Waals surface area contributed by atoms with E-state index in [2.05, 4.69) is 37.9 Å². The van der Waals surface area contributed by atoms with Gasteiger partial charge in [0.2, 0.25) is 5.95 Å². The predicted octanol–water partition coefficient (Wildman–Crippen LogP) is 4.30. The van der Waals surface area contributed by atoms with Crippen molar-refractivity contribution in [2.24, 2.45) is 11.7 Å². The van der Waals surface area contributed by atoms with Crippen LogP contribution in [0.1, 0.15) is 76.0 Å². The summed E-state index contributed by atoms with van der Waals surface area (Å²) >= 11 is 0. The molecular formula is C34H42N8O4. The van der Waals surface area contributed by atoms with Crippen molar-refractivity contribution >= 4 is 40.9 Å². The molecule has 1 aromatic heterocycles. The predicted molar refractivity (Wildman–Crippen MR) is 176 cm³/mol. The zero-order chi connectivity index (χ0) is 32.2. The number of carbonyl (C=O) groups excluding carboxylic acids is 3. The molecule has 3 amide bonds. The number of fused-ring (bicyclic) bond motifs is 2. The van der Waals surface area contributed by atoms with Crippen molar-refractivity contribution in [3.05, 3.63) is 65.4 Å². The van der Waals surface area contributed by atoms with Gasteiger partial charge in [0.05, 0.1) is 12.8 Å². The summed E-state index contributed by atoms with van der Waals surface area (Å²) in [5.41, 5.74) is 8.00. The second-order valence-corrected chi connectivity index (χ2v) is 12.5. The number of nitrogens with two attached hydrogens (primary N) is 1. The monoisotopic (exact) mass is 626 g/mol. The molecule has 1 aliphatic carbocycles. The zero-order valence-electron chi connectivity index (χ0n) is 26.4. The van der Waals surface area contributed by atoms with Gasteiger partial charge < -0.3 is 31.3 Å². The van der Waals surface area contributed by atoms with Gasteiger partial charge in [-0.1, -0.05) is 19.3 Å². The standard InChI is InChI=1S/C34H42N8O4/c1-41-25-13-14-26(41)20-42(19-25)33(45)23-10-15-28(29(16-23)46-2)39-31-27(30(35)43)18-37-34(40-31)38-24-11-8-22(9-12-24)32(44)36-17-21-6-4-3-5-7-21/h8-12,15-16,18,21,25-26H,3-7,13-14,17,19-20H2,1-2H3,(H2,35,43)(H,36,44)(H2,37,38,39,40). The average Bonchev–Trinajstić information content (AvgIpc) is 3.26. The van der Waals surface area contributed by atoms with Gasteiger partial charge in [0, 0.05) is 54.7 Å². The Morgan fingerprint density at radius 1 is 0.935 bits per heavy atom. The van der Waals surface area contributed by atoms with Gasteiger partial charge in [-0.25, -0.2) is 4.98 Å². The number of hydrogen-bond donors (Lipinski definition) is 4. The molecule has 2 unspecified atom stereocenters. The van der Waals surface area contributed by atoms with Gasteiger partial charge in [0.1, 0.15) is 17.1 Å². The first-order chi connectivity index (χ1) is 22.3. The Balaban J connectivity index is 1.13. The summed E-state index contributed by atoms with van der Waals surface area (Å²) in [4.78, 5) is 51.4. The molecule has 2 bridgehead atoms. The lowest BCUT2D eigenvalue weighted by Gasteiger charge is -2.39. The number of nitrogens with zero attached hydrogens (tertiary/aromatic N) is 4. The fraction of sp³-hybridized carbons (Fsp3) is 0.441. The minimum Gasteiger partial charge on any atom is -0.495 e. The van der Waals surface area contributed by atoms with Crippen LogP contribution in [0.15, 0.2) is 48.7 Å². The van der Waals surface area contributed by atoms with Gasteiger partial charge in [-0.05, 0) is 81.1 Å². The van der Waals surface area contributed by atoms with E-state index in [-0.39, 0.29) is 29.1 Å². The molecule has 2 atom stereocenters. The molecule has 2 aromatic carbocycles. The highest BCUT2D eigenvalue weighted by atomic mass is 16.5. The van der Waals surface area contributed by atoms with E-state index >= 15 is 0 Å². The van der Waals surface area contributed by atoms with E-state index in [0.717, 1.165) is 12.8 Å². The number of primary amides is 1. The Morgan fingerprint density at radius 3 is 2.30 bits per heavy atom. The van der Waals surface area contributed by atoms with E-state index in [1.54, 1.807) is 42.5 Å². The number of amides is 3. The van der Waals surface area contributed by atoms with Crippen LogP contribution < -0.4 is 26.4 Å². The van der Waals surface area contributed by atoms with Crippen molar-refractivity contribution in [3.8, 4) is 5.75 Å². The first-order valence-electron chi connectivity index (χ1n) is 16.1. The maximum Gasteiger partial charge on any atom is 0.254 e. The molecule has 5 N–H and O–H groups in total. The molecule has 3 heterocycles. The van der Waals surface area contributed by atoms with Crippen molar-refractivity contribution in [2.45, 2.75) is 57.0 Å². The molecule has 2 saturated heterocycles. The summed E-state index contributed by atoms with van der Waals surface area (Å²) in [6.45, 7) is 2.13. The Kier molecular flexibility index (Phi) is 9.34. The molecule has 12 nitrogen and oxygen atoms in total. The van der Waals surface area contributed by atoms with E-state index in [0.29, 0.717) is 65.9 Å². The lowest BCUT2D eigenvalue weighted by atomic mass is 9.89. The van der Waals surface area contributed by atoms with Crippen LogP contribution in [0.3, 0.4) is 0 Å². The average molecular weight is 627 g/mol. The third kappa shape index (κ3) is 6.91. The third-order valence-corrected chi connectivity index (χ3v) is 9.57. The molecule has 0 radical (unpaired) electrons. The van der Waals surface area contributed by atoms with Gasteiger partial charge in [0.15, 0.2) is 0 Å². The number of nitrogens with one attached hydrogen (secondary N) is 3. The SMILES string of the molecule is COc1cc(C(=O)N2CC3CCC(C2)N3C)ccc1Nc1nc(Nc2ccc(C(=O)NCC3CCCCC3)cc2)ncc1C(N)=O. The van der Waals surface area contributed by atoms with E-state index in [4.69, 9.17) is 10.5 Å². The molecule has 1 saturated carbocycles. The first kappa shape index (κ1) is 31.3. The van der Waals surface area contributed by atoms with Crippen molar-refractivity contribution in [1.82, 2.24) is 25.1 Å². The van der Waals surface area contributed by atoms with E-state index < -0.39 is 5.91 Å². The van der Waals surface area contributed by atoms with Crippen LogP contribution in [-0.4, -0.2) is 83.4 Å². The molecule has 12 heteroatoms. The molecule has 3 aromatic rings. The smallest absolute Gasteiger partial charge is 0.254 e. The van der Waals surface area contributed by atoms with Crippen molar-refractivity contribution < 1.29 is 19.1 Å². The molecular weight excluding hydrogens is 584 g/mol. The minimum absolute atomic E-state index is 0.0334. The van der Waals surface area contributed by atoms with Crippen LogP contribution in [-0.2, 0) is 0 Å². The number of rotatable bonds is 10. The minimum atomic E-state index is -0.701. The third-order valence-electron chi connectivity index (χ3n) is 9.57. The van der Waals surface area contributed by atoms with E-state index in [1.807, 2.05) is 4.90 Å². The lowest BCUT2D eigenvalue weighted by molar-refractivity contribution is 0.0523. The molecule has 0 spiro atoms. The number of carbonyl (C=O) groups is 3. The van der Waals surface area contributed by atoms with Crippen LogP contribution >= 0.6 is 0 Å². The zero-order valence-corrected chi connectivity index (χ0v) is 26.4. The molecule has 46 heavy (non-hydrogen) atoms. The Morgan fingerprint density at radius 2 is 1.63 bits per heavy atom. The van der Waals surface area contributed by atoms with Crippen molar-refractivity contribution in [2.75, 3.05) is 44.4 Å². The number of likely N-dealkylation sites (tertiary alicyclic amines) is 1. The fourth-order valence-electron chi connectivity index (χ4n) is 6.80. The normalized spacial score (nSPS) is 19.8. The molecule has 6 rings (SSSR count). The number of hydrogen-bond acceptors (Lipinski definition) is 9. The summed E-state index contributed by atoms with van der Waals surface area (Å²) in [5, 5.41) is 9.32. The molecule has 242 valence electrons. The summed E-state index contributed by atoms with van der Waals surface area (Å²) in [6.07, 6.45) is 9.66. The van der Waals surface area contributed by atoms with Crippen LogP contribution in [0, 0.1) is 5.92 Å².